The van der Waals surface area contributed by atoms with Crippen LogP contribution in [0.25, 0.3) is 0 Å². The molecule has 2 amide bonds. The van der Waals surface area contributed by atoms with E-state index in [0.29, 0.717) is 33.5 Å². The lowest BCUT2D eigenvalue weighted by molar-refractivity contribution is -0.124. The average molecular weight is 465 g/mol. The van der Waals surface area contributed by atoms with Gasteiger partial charge in [-0.1, -0.05) is 48.4 Å². The van der Waals surface area contributed by atoms with E-state index in [1.54, 1.807) is 48.5 Å². The van der Waals surface area contributed by atoms with Crippen molar-refractivity contribution in [1.82, 2.24) is 0 Å². The Labute approximate surface area is 197 Å². The number of anilines is 2. The number of carbonyl (C=O) groups is 2. The minimum absolute atomic E-state index is 0.113. The van der Waals surface area contributed by atoms with E-state index < -0.39 is 5.41 Å². The second-order valence-corrected chi connectivity index (χ2v) is 8.41. The molecule has 0 unspecified atom stereocenters. The van der Waals surface area contributed by atoms with Crippen LogP contribution in [0.5, 0.6) is 11.5 Å². The van der Waals surface area contributed by atoms with E-state index in [-0.39, 0.29) is 11.8 Å². The Hall–Kier alpha value is -3.51. The molecule has 0 atom stereocenters. The van der Waals surface area contributed by atoms with E-state index in [1.165, 1.54) is 14.2 Å². The van der Waals surface area contributed by atoms with Crippen molar-refractivity contribution in [2.45, 2.75) is 24.7 Å². The zero-order valence-electron chi connectivity index (χ0n) is 18.5. The fourth-order valence-corrected chi connectivity index (χ4v) is 4.19. The third-order valence-corrected chi connectivity index (χ3v) is 6.34. The summed E-state index contributed by atoms with van der Waals surface area (Å²) in [6.45, 7) is 0. The zero-order chi connectivity index (χ0) is 23.4. The zero-order valence-corrected chi connectivity index (χ0v) is 19.2. The molecular formula is C26H25ClN2O4. The lowest BCUT2D eigenvalue weighted by Gasteiger charge is -2.40. The van der Waals surface area contributed by atoms with Crippen LogP contribution in [0.4, 0.5) is 11.4 Å². The van der Waals surface area contributed by atoms with E-state index in [0.717, 1.165) is 24.8 Å². The van der Waals surface area contributed by atoms with Gasteiger partial charge in [0.15, 0.2) is 0 Å². The van der Waals surface area contributed by atoms with Gasteiger partial charge in [0.25, 0.3) is 5.91 Å². The number of halogens is 1. The highest BCUT2D eigenvalue weighted by Gasteiger charge is 2.45. The molecule has 0 aliphatic heterocycles. The molecule has 4 rings (SSSR count). The van der Waals surface area contributed by atoms with Crippen LogP contribution in [0.15, 0.2) is 66.7 Å². The Morgan fingerprint density at radius 2 is 1.42 bits per heavy atom. The van der Waals surface area contributed by atoms with Crippen molar-refractivity contribution in [3.63, 3.8) is 0 Å². The number of benzene rings is 3. The van der Waals surface area contributed by atoms with E-state index in [2.05, 4.69) is 10.6 Å². The van der Waals surface area contributed by atoms with Crippen molar-refractivity contribution in [3.05, 3.63) is 82.9 Å². The summed E-state index contributed by atoms with van der Waals surface area (Å²) in [5.41, 5.74) is 1.76. The van der Waals surface area contributed by atoms with Crippen LogP contribution in [0.3, 0.4) is 0 Å². The van der Waals surface area contributed by atoms with Gasteiger partial charge in [0.1, 0.15) is 11.5 Å². The molecule has 3 aromatic rings. The van der Waals surface area contributed by atoms with Gasteiger partial charge < -0.3 is 20.1 Å². The first-order valence-electron chi connectivity index (χ1n) is 10.7. The van der Waals surface area contributed by atoms with Gasteiger partial charge in [-0.2, -0.15) is 0 Å². The average Bonchev–Trinajstić information content (AvgIpc) is 2.80. The summed E-state index contributed by atoms with van der Waals surface area (Å²) in [5.74, 6) is 0.434. The third kappa shape index (κ3) is 4.52. The van der Waals surface area contributed by atoms with Crippen LogP contribution < -0.4 is 20.1 Å². The third-order valence-electron chi connectivity index (χ3n) is 6.09. The molecule has 2 N–H and O–H groups in total. The number of amides is 2. The maximum absolute atomic E-state index is 13.4. The Kier molecular flexibility index (Phi) is 6.56. The number of rotatable bonds is 7. The second-order valence-electron chi connectivity index (χ2n) is 7.97. The lowest BCUT2D eigenvalue weighted by Crippen LogP contribution is -2.46. The van der Waals surface area contributed by atoms with Gasteiger partial charge in [-0.05, 0) is 42.7 Å². The van der Waals surface area contributed by atoms with Crippen molar-refractivity contribution >= 4 is 34.8 Å². The van der Waals surface area contributed by atoms with Crippen molar-refractivity contribution in [2.24, 2.45) is 0 Å². The monoisotopic (exact) mass is 464 g/mol. The molecule has 6 nitrogen and oxygen atoms in total. The standard InChI is InChI=1S/C26H25ClN2O4/c1-32-22-16-21(23(33-2)15-20(22)28-24(30)17-7-4-3-5-8-17)29-25(31)26(13-6-14-26)18-9-11-19(27)12-10-18/h3-5,7-12,15-16H,6,13-14H2,1-2H3,(H,28,30)(H,29,31). The molecule has 33 heavy (non-hydrogen) atoms. The molecule has 1 fully saturated rings. The summed E-state index contributed by atoms with van der Waals surface area (Å²) in [6, 6.07) is 19.6. The van der Waals surface area contributed by atoms with Crippen LogP contribution in [0, 0.1) is 0 Å². The van der Waals surface area contributed by atoms with E-state index in [1.807, 2.05) is 18.2 Å². The second kappa shape index (κ2) is 9.55. The summed E-state index contributed by atoms with van der Waals surface area (Å²) in [4.78, 5) is 26.0. The van der Waals surface area contributed by atoms with Crippen molar-refractivity contribution in [2.75, 3.05) is 24.9 Å². The Morgan fingerprint density at radius 1 is 0.848 bits per heavy atom. The maximum Gasteiger partial charge on any atom is 0.255 e. The SMILES string of the molecule is COc1cc(NC(=O)C2(c3ccc(Cl)cc3)CCC2)c(OC)cc1NC(=O)c1ccccc1. The quantitative estimate of drug-likeness (QED) is 0.472. The molecule has 0 saturated heterocycles. The summed E-state index contributed by atoms with van der Waals surface area (Å²) in [7, 11) is 3.02. The van der Waals surface area contributed by atoms with Crippen LogP contribution in [0.2, 0.25) is 5.02 Å². The van der Waals surface area contributed by atoms with Crippen LogP contribution in [-0.4, -0.2) is 26.0 Å². The van der Waals surface area contributed by atoms with Gasteiger partial charge in [0.2, 0.25) is 5.91 Å². The topological polar surface area (TPSA) is 76.7 Å². The minimum atomic E-state index is -0.608. The number of nitrogens with one attached hydrogen (secondary N) is 2. The number of hydrogen-bond acceptors (Lipinski definition) is 4. The van der Waals surface area contributed by atoms with Crippen LogP contribution in [0.1, 0.15) is 35.2 Å². The fraction of sp³-hybridized carbons (Fsp3) is 0.231. The molecule has 0 spiro atoms. The van der Waals surface area contributed by atoms with E-state index in [9.17, 15) is 9.59 Å². The fourth-order valence-electron chi connectivity index (χ4n) is 4.07. The van der Waals surface area contributed by atoms with Gasteiger partial charge >= 0.3 is 0 Å². The normalized spacial score (nSPS) is 14.0. The molecule has 1 aliphatic carbocycles. The van der Waals surface area contributed by atoms with Gasteiger partial charge in [-0.25, -0.2) is 0 Å². The molecule has 7 heteroatoms. The Morgan fingerprint density at radius 3 is 1.94 bits per heavy atom. The molecule has 0 radical (unpaired) electrons. The number of methoxy groups -OCH3 is 2. The van der Waals surface area contributed by atoms with Gasteiger partial charge in [0.05, 0.1) is 31.0 Å². The van der Waals surface area contributed by atoms with Crippen LogP contribution >= 0.6 is 11.6 Å². The maximum atomic E-state index is 13.4. The lowest BCUT2D eigenvalue weighted by atomic mass is 9.64. The largest absolute Gasteiger partial charge is 0.494 e. The highest BCUT2D eigenvalue weighted by atomic mass is 35.5. The first-order valence-corrected chi connectivity index (χ1v) is 11.0. The molecule has 0 bridgehead atoms. The molecular weight excluding hydrogens is 440 g/mol. The Balaban J connectivity index is 1.60. The van der Waals surface area contributed by atoms with Crippen molar-refractivity contribution < 1.29 is 19.1 Å². The van der Waals surface area contributed by atoms with E-state index in [4.69, 9.17) is 21.1 Å². The number of hydrogen-bond donors (Lipinski definition) is 2. The molecule has 3 aromatic carbocycles. The predicted molar refractivity (Wildman–Crippen MR) is 130 cm³/mol. The summed E-state index contributed by atoms with van der Waals surface area (Å²) >= 11 is 6.03. The van der Waals surface area contributed by atoms with Crippen molar-refractivity contribution in [1.29, 1.82) is 0 Å². The first kappa shape index (κ1) is 22.7. The van der Waals surface area contributed by atoms with Gasteiger partial charge in [-0.3, -0.25) is 9.59 Å². The summed E-state index contributed by atoms with van der Waals surface area (Å²) in [5, 5.41) is 6.49. The molecule has 170 valence electrons. The highest BCUT2D eigenvalue weighted by Crippen LogP contribution is 2.46. The molecule has 1 saturated carbocycles. The van der Waals surface area contributed by atoms with E-state index >= 15 is 0 Å². The summed E-state index contributed by atoms with van der Waals surface area (Å²) < 4.78 is 11.0. The smallest absolute Gasteiger partial charge is 0.255 e. The van der Waals surface area contributed by atoms with Crippen molar-refractivity contribution in [3.8, 4) is 11.5 Å². The highest BCUT2D eigenvalue weighted by molar-refractivity contribution is 6.30. The van der Waals surface area contributed by atoms with Gasteiger partial charge in [-0.15, -0.1) is 0 Å². The number of carbonyl (C=O) groups excluding carboxylic acids is 2. The van der Waals surface area contributed by atoms with Gasteiger partial charge in [0, 0.05) is 22.7 Å². The number of ether oxygens (including phenoxy) is 2. The first-order chi connectivity index (χ1) is 16.0. The molecule has 1 aliphatic rings. The molecule has 0 heterocycles. The predicted octanol–water partition coefficient (Wildman–Crippen LogP) is 5.67. The molecule has 0 aromatic heterocycles. The Bertz CT molecular complexity index is 1160. The summed E-state index contributed by atoms with van der Waals surface area (Å²) in [6.07, 6.45) is 2.48. The minimum Gasteiger partial charge on any atom is -0.494 e. The van der Waals surface area contributed by atoms with Crippen LogP contribution in [-0.2, 0) is 10.2 Å².